The number of hydrogen-bond donors (Lipinski definition) is 3. The number of fused-ring (bicyclic) bond motifs is 2. The lowest BCUT2D eigenvalue weighted by atomic mass is 9.73. The van der Waals surface area contributed by atoms with Gasteiger partial charge in [0.2, 0.25) is 0 Å². The van der Waals surface area contributed by atoms with Crippen LogP contribution in [0.1, 0.15) is 70.9 Å². The molecule has 2 aliphatic carbocycles. The summed E-state index contributed by atoms with van der Waals surface area (Å²) in [5, 5.41) is 26.0. The topological polar surface area (TPSA) is 92.1 Å². The third-order valence-corrected chi connectivity index (χ3v) is 8.12. The number of aliphatic hydroxyl groups excluding tert-OH is 1. The number of halogens is 1. The number of aromatic nitrogens is 3. The number of rotatable bonds is 5. The molecule has 2 aromatic carbocycles. The standard InChI is InChI=1S/C26H28ClN5O2/c1-15(16-5-6-21-18(9-16)12-28-14-26(21)7-8-26)32-13-23(30-31-32)25(34)29-22-11-20(24(22)33)17-3-2-4-19(27)10-17/h2-6,9-10,13,15,20,22,24,28,33H,7-8,11-12,14H2,1H3,(H,29,34). The van der Waals surface area contributed by atoms with Gasteiger partial charge in [-0.15, -0.1) is 5.10 Å². The minimum Gasteiger partial charge on any atom is -0.390 e. The van der Waals surface area contributed by atoms with Gasteiger partial charge in [-0.25, -0.2) is 4.68 Å². The van der Waals surface area contributed by atoms with Gasteiger partial charge in [0.15, 0.2) is 5.69 Å². The Morgan fingerprint density at radius 3 is 2.91 bits per heavy atom. The number of nitrogens with one attached hydrogen (secondary N) is 2. The molecule has 0 bridgehead atoms. The second kappa shape index (κ2) is 8.18. The number of amides is 1. The molecule has 3 N–H and O–H groups in total. The number of benzene rings is 2. The molecule has 176 valence electrons. The number of nitrogens with zero attached hydrogens (tertiary/aromatic N) is 3. The molecule has 3 aliphatic rings. The van der Waals surface area contributed by atoms with Crippen molar-refractivity contribution in [1.82, 2.24) is 25.6 Å². The van der Waals surface area contributed by atoms with Gasteiger partial charge >= 0.3 is 0 Å². The van der Waals surface area contributed by atoms with Crippen LogP contribution in [-0.4, -0.2) is 44.7 Å². The van der Waals surface area contributed by atoms with Crippen molar-refractivity contribution >= 4 is 17.5 Å². The smallest absolute Gasteiger partial charge is 0.273 e. The van der Waals surface area contributed by atoms with E-state index in [1.54, 1.807) is 10.9 Å². The van der Waals surface area contributed by atoms with E-state index in [1.807, 2.05) is 24.3 Å². The summed E-state index contributed by atoms with van der Waals surface area (Å²) in [7, 11) is 0. The predicted octanol–water partition coefficient (Wildman–Crippen LogP) is 3.32. The highest BCUT2D eigenvalue weighted by Crippen LogP contribution is 2.50. The van der Waals surface area contributed by atoms with Gasteiger partial charge in [0.05, 0.1) is 24.4 Å². The molecular weight excluding hydrogens is 450 g/mol. The minimum absolute atomic E-state index is 0.0343. The molecule has 0 radical (unpaired) electrons. The molecule has 1 aromatic heterocycles. The maximum Gasteiger partial charge on any atom is 0.273 e. The summed E-state index contributed by atoms with van der Waals surface area (Å²) in [5.74, 6) is -0.356. The fraction of sp³-hybridized carbons (Fsp3) is 0.423. The first-order valence-corrected chi connectivity index (χ1v) is 12.3. The normalized spacial score (nSPS) is 25.3. The Morgan fingerprint density at radius 1 is 1.29 bits per heavy atom. The Kier molecular flexibility index (Phi) is 5.24. The largest absolute Gasteiger partial charge is 0.390 e. The second-order valence-corrected chi connectivity index (χ2v) is 10.5. The maximum atomic E-state index is 12.8. The molecule has 2 heterocycles. The van der Waals surface area contributed by atoms with Crippen LogP contribution in [0.5, 0.6) is 0 Å². The Balaban J connectivity index is 1.11. The maximum absolute atomic E-state index is 12.8. The lowest BCUT2D eigenvalue weighted by molar-refractivity contribution is 0.0224. The van der Waals surface area contributed by atoms with Crippen molar-refractivity contribution in [2.75, 3.05) is 6.54 Å². The number of carbonyl (C=O) groups excluding carboxylic acids is 1. The summed E-state index contributed by atoms with van der Waals surface area (Å²) in [4.78, 5) is 12.8. The predicted molar refractivity (Wildman–Crippen MR) is 129 cm³/mol. The molecule has 6 rings (SSSR count). The van der Waals surface area contributed by atoms with Gasteiger partial charge in [-0.2, -0.15) is 0 Å². The van der Waals surface area contributed by atoms with E-state index in [0.29, 0.717) is 16.9 Å². The van der Waals surface area contributed by atoms with Crippen LogP contribution in [0.25, 0.3) is 0 Å². The van der Waals surface area contributed by atoms with Crippen LogP contribution in [0, 0.1) is 0 Å². The van der Waals surface area contributed by atoms with Gasteiger partial charge < -0.3 is 15.7 Å². The van der Waals surface area contributed by atoms with Crippen LogP contribution in [0.4, 0.5) is 0 Å². The highest BCUT2D eigenvalue weighted by molar-refractivity contribution is 6.30. The average molecular weight is 478 g/mol. The van der Waals surface area contributed by atoms with Gasteiger partial charge in [-0.1, -0.05) is 47.1 Å². The Bertz CT molecular complexity index is 1250. The van der Waals surface area contributed by atoms with Crippen molar-refractivity contribution in [3.8, 4) is 0 Å². The number of hydrogen-bond acceptors (Lipinski definition) is 5. The first kappa shape index (κ1) is 21.8. The number of carbonyl (C=O) groups is 1. The van der Waals surface area contributed by atoms with Crippen molar-refractivity contribution in [3.05, 3.63) is 81.6 Å². The van der Waals surface area contributed by atoms with Gasteiger partial charge in [0, 0.05) is 29.4 Å². The summed E-state index contributed by atoms with van der Waals surface area (Å²) >= 11 is 6.07. The summed E-state index contributed by atoms with van der Waals surface area (Å²) in [5.41, 5.74) is 5.58. The molecule has 2 fully saturated rings. The van der Waals surface area contributed by atoms with Gasteiger partial charge in [0.25, 0.3) is 5.91 Å². The fourth-order valence-electron chi connectivity index (χ4n) is 5.48. The lowest BCUT2D eigenvalue weighted by Gasteiger charge is -2.41. The number of aliphatic hydroxyl groups is 1. The summed E-state index contributed by atoms with van der Waals surface area (Å²) in [6.45, 7) is 4.03. The molecule has 1 spiro atoms. The molecule has 2 saturated carbocycles. The minimum atomic E-state index is -0.657. The van der Waals surface area contributed by atoms with E-state index in [9.17, 15) is 9.90 Å². The second-order valence-electron chi connectivity index (χ2n) is 10.0. The van der Waals surface area contributed by atoms with Crippen molar-refractivity contribution in [2.45, 2.75) is 62.3 Å². The van der Waals surface area contributed by atoms with Crippen molar-refractivity contribution in [2.24, 2.45) is 0 Å². The molecule has 34 heavy (non-hydrogen) atoms. The molecule has 0 saturated heterocycles. The van der Waals surface area contributed by atoms with Gasteiger partial charge in [-0.3, -0.25) is 4.79 Å². The van der Waals surface area contributed by atoms with Crippen LogP contribution in [-0.2, 0) is 12.0 Å². The molecule has 8 heteroatoms. The van der Waals surface area contributed by atoms with E-state index in [4.69, 9.17) is 11.6 Å². The van der Waals surface area contributed by atoms with Crippen molar-refractivity contribution < 1.29 is 9.90 Å². The van der Waals surface area contributed by atoms with E-state index in [-0.39, 0.29) is 29.6 Å². The average Bonchev–Trinajstić information content (AvgIpc) is 3.42. The van der Waals surface area contributed by atoms with Gasteiger partial charge in [-0.05, 0) is 60.6 Å². The van der Waals surface area contributed by atoms with E-state index in [2.05, 4.69) is 46.1 Å². The monoisotopic (exact) mass is 477 g/mol. The zero-order valence-corrected chi connectivity index (χ0v) is 19.8. The van der Waals surface area contributed by atoms with Crippen molar-refractivity contribution in [1.29, 1.82) is 0 Å². The van der Waals surface area contributed by atoms with Crippen LogP contribution < -0.4 is 10.6 Å². The molecule has 4 unspecified atom stereocenters. The quantitative estimate of drug-likeness (QED) is 0.524. The molecule has 1 amide bonds. The van der Waals surface area contributed by atoms with Crippen LogP contribution in [0.3, 0.4) is 0 Å². The summed E-state index contributed by atoms with van der Waals surface area (Å²) < 4.78 is 1.73. The fourth-order valence-corrected chi connectivity index (χ4v) is 5.68. The molecule has 1 aliphatic heterocycles. The third-order valence-electron chi connectivity index (χ3n) is 7.88. The van der Waals surface area contributed by atoms with Crippen LogP contribution in [0.15, 0.2) is 48.7 Å². The first-order chi connectivity index (χ1) is 16.4. The SMILES string of the molecule is CC(c1ccc2c(c1)CNCC21CC1)n1cc(C(=O)NC2CC(c3cccc(Cl)c3)C2O)nn1. The lowest BCUT2D eigenvalue weighted by Crippen LogP contribution is -2.55. The van der Waals surface area contributed by atoms with E-state index in [0.717, 1.165) is 24.2 Å². The molecule has 3 aromatic rings. The van der Waals surface area contributed by atoms with Gasteiger partial charge in [0.1, 0.15) is 0 Å². The Morgan fingerprint density at radius 2 is 2.15 bits per heavy atom. The summed E-state index contributed by atoms with van der Waals surface area (Å²) in [6, 6.07) is 13.8. The molecular formula is C26H28ClN5O2. The Hall–Kier alpha value is -2.74. The highest BCUT2D eigenvalue weighted by atomic mass is 35.5. The zero-order valence-electron chi connectivity index (χ0n) is 19.0. The third kappa shape index (κ3) is 3.72. The van der Waals surface area contributed by atoms with Crippen LogP contribution in [0.2, 0.25) is 5.02 Å². The zero-order chi connectivity index (χ0) is 23.4. The summed E-state index contributed by atoms with van der Waals surface area (Å²) in [6.07, 6.45) is 4.20. The van der Waals surface area contributed by atoms with Crippen LogP contribution >= 0.6 is 11.6 Å². The van der Waals surface area contributed by atoms with Crippen molar-refractivity contribution in [3.63, 3.8) is 0 Å². The van der Waals surface area contributed by atoms with E-state index < -0.39 is 6.10 Å². The highest BCUT2D eigenvalue weighted by Gasteiger charge is 2.46. The molecule has 7 nitrogen and oxygen atoms in total. The Labute approximate surface area is 203 Å². The molecule has 4 atom stereocenters. The van der Waals surface area contributed by atoms with E-state index in [1.165, 1.54) is 24.0 Å². The first-order valence-electron chi connectivity index (χ1n) is 11.9. The van der Waals surface area contributed by atoms with E-state index >= 15 is 0 Å².